The maximum atomic E-state index is 4.76. The molecule has 2 aromatic heterocycles. The standard InChI is InChI=1S/C22H31N7.HI/c1-6-23-22(26-16(2)14-21-17(3)27-28(5)18(21)4)24-15-19-8-10-20(11-9-19)29-13-7-12-25-29;/h7-13,16H,6,14-15H2,1-5H3,(H2,23,24,26);1H. The average molecular weight is 521 g/mol. The molecule has 1 unspecified atom stereocenters. The SMILES string of the molecule is CCNC(=NCc1ccc(-n2cccn2)cc1)NC(C)Cc1c(C)nn(C)c1C.I. The summed E-state index contributed by atoms with van der Waals surface area (Å²) in [5.74, 6) is 0.829. The second kappa shape index (κ2) is 11.1. The van der Waals surface area contributed by atoms with Crippen LogP contribution in [0.5, 0.6) is 0 Å². The molecular weight excluding hydrogens is 489 g/mol. The first-order valence-corrected chi connectivity index (χ1v) is 10.1. The Morgan fingerprint density at radius 2 is 1.93 bits per heavy atom. The lowest BCUT2D eigenvalue weighted by Crippen LogP contribution is -2.43. The highest BCUT2D eigenvalue weighted by molar-refractivity contribution is 14.0. The molecule has 0 amide bonds. The van der Waals surface area contributed by atoms with Gasteiger partial charge in [0.1, 0.15) is 0 Å². The third-order valence-electron chi connectivity index (χ3n) is 5.02. The molecule has 0 saturated heterocycles. The van der Waals surface area contributed by atoms with Crippen LogP contribution in [-0.2, 0) is 20.0 Å². The van der Waals surface area contributed by atoms with Crippen molar-refractivity contribution in [2.75, 3.05) is 6.54 Å². The number of guanidine groups is 1. The Morgan fingerprint density at radius 1 is 1.20 bits per heavy atom. The van der Waals surface area contributed by atoms with Gasteiger partial charge in [-0.1, -0.05) is 12.1 Å². The molecule has 0 aliphatic heterocycles. The quantitative estimate of drug-likeness (QED) is 0.284. The molecule has 0 fully saturated rings. The highest BCUT2D eigenvalue weighted by Gasteiger charge is 2.14. The van der Waals surface area contributed by atoms with E-state index in [4.69, 9.17) is 4.99 Å². The molecule has 3 rings (SSSR count). The van der Waals surface area contributed by atoms with Gasteiger partial charge in [0.25, 0.3) is 0 Å². The van der Waals surface area contributed by atoms with Crippen LogP contribution in [0.1, 0.15) is 36.4 Å². The van der Waals surface area contributed by atoms with Gasteiger partial charge >= 0.3 is 0 Å². The molecule has 0 saturated carbocycles. The minimum atomic E-state index is 0. The average Bonchev–Trinajstić information content (AvgIpc) is 3.32. The topological polar surface area (TPSA) is 72.1 Å². The van der Waals surface area contributed by atoms with Crippen molar-refractivity contribution in [2.24, 2.45) is 12.0 Å². The van der Waals surface area contributed by atoms with E-state index < -0.39 is 0 Å². The molecule has 0 radical (unpaired) electrons. The molecule has 3 aromatic rings. The molecule has 0 bridgehead atoms. The summed E-state index contributed by atoms with van der Waals surface area (Å²) in [6.07, 6.45) is 4.63. The van der Waals surface area contributed by atoms with Crippen LogP contribution < -0.4 is 10.6 Å². The van der Waals surface area contributed by atoms with Gasteiger partial charge in [-0.2, -0.15) is 10.2 Å². The van der Waals surface area contributed by atoms with Crippen molar-refractivity contribution in [2.45, 2.75) is 46.7 Å². The van der Waals surface area contributed by atoms with Crippen molar-refractivity contribution < 1.29 is 0 Å². The van der Waals surface area contributed by atoms with Crippen molar-refractivity contribution in [3.05, 3.63) is 65.2 Å². The number of aliphatic imine (C=N–C) groups is 1. The lowest BCUT2D eigenvalue weighted by molar-refractivity contribution is 0.636. The summed E-state index contributed by atoms with van der Waals surface area (Å²) in [5.41, 5.74) is 5.82. The predicted octanol–water partition coefficient (Wildman–Crippen LogP) is 3.53. The monoisotopic (exact) mass is 521 g/mol. The third-order valence-corrected chi connectivity index (χ3v) is 5.02. The van der Waals surface area contributed by atoms with E-state index in [1.54, 1.807) is 6.20 Å². The number of aryl methyl sites for hydroxylation is 2. The van der Waals surface area contributed by atoms with Crippen LogP contribution in [-0.4, -0.2) is 38.1 Å². The van der Waals surface area contributed by atoms with E-state index in [2.05, 4.69) is 72.8 Å². The van der Waals surface area contributed by atoms with E-state index in [0.29, 0.717) is 6.54 Å². The molecule has 0 aliphatic rings. The van der Waals surface area contributed by atoms with Gasteiger partial charge in [-0.05, 0) is 63.4 Å². The first kappa shape index (κ1) is 23.9. The second-order valence-corrected chi connectivity index (χ2v) is 7.33. The zero-order valence-corrected chi connectivity index (χ0v) is 20.7. The van der Waals surface area contributed by atoms with Crippen LogP contribution >= 0.6 is 24.0 Å². The number of hydrogen-bond acceptors (Lipinski definition) is 3. The van der Waals surface area contributed by atoms with E-state index in [0.717, 1.165) is 35.9 Å². The minimum Gasteiger partial charge on any atom is -0.357 e. The largest absolute Gasteiger partial charge is 0.357 e. The van der Waals surface area contributed by atoms with Crippen LogP contribution in [0.3, 0.4) is 0 Å². The Hall–Kier alpha value is -2.36. The number of hydrogen-bond donors (Lipinski definition) is 2. The second-order valence-electron chi connectivity index (χ2n) is 7.33. The Labute approximate surface area is 196 Å². The van der Waals surface area contributed by atoms with Crippen LogP contribution in [0.2, 0.25) is 0 Å². The molecule has 2 heterocycles. The fourth-order valence-corrected chi connectivity index (χ4v) is 3.37. The van der Waals surface area contributed by atoms with Crippen LogP contribution in [0, 0.1) is 13.8 Å². The van der Waals surface area contributed by atoms with Crippen LogP contribution in [0.15, 0.2) is 47.7 Å². The zero-order valence-electron chi connectivity index (χ0n) is 18.4. The van der Waals surface area contributed by atoms with Gasteiger partial charge in [-0.3, -0.25) is 4.68 Å². The van der Waals surface area contributed by atoms with E-state index in [9.17, 15) is 0 Å². The first-order chi connectivity index (χ1) is 14.0. The summed E-state index contributed by atoms with van der Waals surface area (Å²) in [6, 6.07) is 10.5. The van der Waals surface area contributed by atoms with E-state index in [1.807, 2.05) is 28.7 Å². The lowest BCUT2D eigenvalue weighted by Gasteiger charge is -2.18. The molecule has 1 aromatic carbocycles. The highest BCUT2D eigenvalue weighted by Crippen LogP contribution is 2.14. The molecule has 7 nitrogen and oxygen atoms in total. The Morgan fingerprint density at radius 3 is 2.50 bits per heavy atom. The molecule has 30 heavy (non-hydrogen) atoms. The minimum absolute atomic E-state index is 0. The number of rotatable bonds is 7. The van der Waals surface area contributed by atoms with Gasteiger partial charge in [0, 0.05) is 37.7 Å². The summed E-state index contributed by atoms with van der Waals surface area (Å²) >= 11 is 0. The van der Waals surface area contributed by atoms with Gasteiger partial charge in [0.05, 0.1) is 17.9 Å². The summed E-state index contributed by atoms with van der Waals surface area (Å²) in [7, 11) is 1.99. The Bertz CT molecular complexity index is 943. The van der Waals surface area contributed by atoms with E-state index in [1.165, 1.54) is 11.3 Å². The summed E-state index contributed by atoms with van der Waals surface area (Å²) in [6.45, 7) is 9.89. The number of aromatic nitrogens is 4. The van der Waals surface area contributed by atoms with Crippen LogP contribution in [0.4, 0.5) is 0 Å². The molecular formula is C22H32IN7. The predicted molar refractivity (Wildman–Crippen MR) is 133 cm³/mol. The molecule has 8 heteroatoms. The van der Waals surface area contributed by atoms with Gasteiger partial charge < -0.3 is 10.6 Å². The summed E-state index contributed by atoms with van der Waals surface area (Å²) < 4.78 is 3.80. The molecule has 2 N–H and O–H groups in total. The molecule has 162 valence electrons. The first-order valence-electron chi connectivity index (χ1n) is 10.1. The molecule has 0 spiro atoms. The zero-order chi connectivity index (χ0) is 20.8. The van der Waals surface area contributed by atoms with Gasteiger partial charge in [0.2, 0.25) is 0 Å². The van der Waals surface area contributed by atoms with Crippen LogP contribution in [0.25, 0.3) is 5.69 Å². The van der Waals surface area contributed by atoms with Gasteiger partial charge in [-0.15, -0.1) is 24.0 Å². The number of benzene rings is 1. The van der Waals surface area contributed by atoms with Crippen molar-refractivity contribution in [1.82, 2.24) is 30.2 Å². The molecule has 1 atom stereocenters. The maximum Gasteiger partial charge on any atom is 0.191 e. The molecule has 0 aliphatic carbocycles. The number of halogens is 1. The Balaban J connectivity index is 0.00000320. The lowest BCUT2D eigenvalue weighted by atomic mass is 10.1. The maximum absolute atomic E-state index is 4.76. The highest BCUT2D eigenvalue weighted by atomic mass is 127. The third kappa shape index (κ3) is 6.07. The van der Waals surface area contributed by atoms with Crippen molar-refractivity contribution in [3.63, 3.8) is 0 Å². The normalized spacial score (nSPS) is 12.4. The fraction of sp³-hybridized carbons (Fsp3) is 0.409. The summed E-state index contributed by atoms with van der Waals surface area (Å²) in [5, 5.41) is 15.6. The van der Waals surface area contributed by atoms with Crippen molar-refractivity contribution in [1.29, 1.82) is 0 Å². The fourth-order valence-electron chi connectivity index (χ4n) is 3.37. The van der Waals surface area contributed by atoms with Crippen molar-refractivity contribution >= 4 is 29.9 Å². The van der Waals surface area contributed by atoms with E-state index >= 15 is 0 Å². The van der Waals surface area contributed by atoms with E-state index in [-0.39, 0.29) is 30.0 Å². The summed E-state index contributed by atoms with van der Waals surface area (Å²) in [4.78, 5) is 4.76. The number of nitrogens with zero attached hydrogens (tertiary/aromatic N) is 5. The van der Waals surface area contributed by atoms with Gasteiger partial charge in [0.15, 0.2) is 5.96 Å². The Kier molecular flexibility index (Phi) is 8.88. The smallest absolute Gasteiger partial charge is 0.191 e. The van der Waals surface area contributed by atoms with Gasteiger partial charge in [-0.25, -0.2) is 9.67 Å². The van der Waals surface area contributed by atoms with Crippen molar-refractivity contribution in [3.8, 4) is 5.69 Å². The number of nitrogens with one attached hydrogen (secondary N) is 2.